The van der Waals surface area contributed by atoms with E-state index in [0.29, 0.717) is 19.5 Å². The molecule has 6 heteroatoms. The van der Waals surface area contributed by atoms with E-state index in [1.54, 1.807) is 0 Å². The Morgan fingerprint density at radius 1 is 1.07 bits per heavy atom. The molecule has 3 unspecified atom stereocenters. The number of benzene rings is 2. The summed E-state index contributed by atoms with van der Waals surface area (Å²) in [6.07, 6.45) is 4.37. The SMILES string of the molecule is Cc1cccc(-c2ccccc2C2CC2C(=O)N2CCCC(NS(C)(=O)=O)CC2)c1. The van der Waals surface area contributed by atoms with Crippen LogP contribution in [0.4, 0.5) is 0 Å². The van der Waals surface area contributed by atoms with Crippen LogP contribution in [-0.4, -0.2) is 44.6 Å². The Balaban J connectivity index is 1.45. The van der Waals surface area contributed by atoms with Crippen LogP contribution in [0.1, 0.15) is 42.7 Å². The molecule has 160 valence electrons. The first-order chi connectivity index (χ1) is 14.3. The van der Waals surface area contributed by atoms with E-state index in [1.165, 1.54) is 28.5 Å². The van der Waals surface area contributed by atoms with Crippen molar-refractivity contribution in [3.8, 4) is 11.1 Å². The van der Waals surface area contributed by atoms with E-state index in [-0.39, 0.29) is 23.8 Å². The highest BCUT2D eigenvalue weighted by Gasteiger charge is 2.46. The Bertz CT molecular complexity index is 1030. The quantitative estimate of drug-likeness (QED) is 0.793. The lowest BCUT2D eigenvalue weighted by Gasteiger charge is -2.21. The molecule has 1 heterocycles. The van der Waals surface area contributed by atoms with Crippen molar-refractivity contribution in [3.63, 3.8) is 0 Å². The molecule has 4 rings (SSSR count). The highest BCUT2D eigenvalue weighted by atomic mass is 32.2. The van der Waals surface area contributed by atoms with Gasteiger partial charge in [-0.3, -0.25) is 4.79 Å². The minimum absolute atomic E-state index is 0.0374. The summed E-state index contributed by atoms with van der Waals surface area (Å²) in [6.45, 7) is 3.43. The number of amides is 1. The minimum atomic E-state index is -3.21. The van der Waals surface area contributed by atoms with Gasteiger partial charge in [0.2, 0.25) is 15.9 Å². The first-order valence-electron chi connectivity index (χ1n) is 10.7. The van der Waals surface area contributed by atoms with Crippen LogP contribution in [0.25, 0.3) is 11.1 Å². The summed E-state index contributed by atoms with van der Waals surface area (Å²) in [6, 6.07) is 16.9. The number of hydrogen-bond acceptors (Lipinski definition) is 3. The predicted octanol–water partition coefficient (Wildman–Crippen LogP) is 3.70. The number of rotatable bonds is 5. The van der Waals surface area contributed by atoms with Crippen LogP contribution in [0, 0.1) is 12.8 Å². The fourth-order valence-corrected chi connectivity index (χ4v) is 5.52. The number of likely N-dealkylation sites (tertiary alicyclic amines) is 1. The van der Waals surface area contributed by atoms with E-state index in [4.69, 9.17) is 0 Å². The third-order valence-corrected chi connectivity index (χ3v) is 6.98. The zero-order chi connectivity index (χ0) is 21.3. The van der Waals surface area contributed by atoms with Gasteiger partial charge in [-0.05, 0) is 55.2 Å². The van der Waals surface area contributed by atoms with Gasteiger partial charge in [0, 0.05) is 25.0 Å². The van der Waals surface area contributed by atoms with Gasteiger partial charge in [0.05, 0.1) is 6.26 Å². The van der Waals surface area contributed by atoms with Gasteiger partial charge in [0.25, 0.3) is 0 Å². The van der Waals surface area contributed by atoms with Gasteiger partial charge in [0.15, 0.2) is 0 Å². The molecule has 0 bridgehead atoms. The Morgan fingerprint density at radius 3 is 2.63 bits per heavy atom. The first kappa shape index (κ1) is 21.1. The second-order valence-electron chi connectivity index (χ2n) is 8.75. The fraction of sp³-hybridized carbons (Fsp3) is 0.458. The monoisotopic (exact) mass is 426 g/mol. The van der Waals surface area contributed by atoms with Crippen LogP contribution >= 0.6 is 0 Å². The fourth-order valence-electron chi connectivity index (χ4n) is 4.68. The number of hydrogen-bond donors (Lipinski definition) is 1. The van der Waals surface area contributed by atoms with Crippen LogP contribution < -0.4 is 4.72 Å². The zero-order valence-corrected chi connectivity index (χ0v) is 18.5. The van der Waals surface area contributed by atoms with E-state index in [2.05, 4.69) is 60.2 Å². The Hall–Kier alpha value is -2.18. The van der Waals surface area contributed by atoms with E-state index in [1.807, 2.05) is 4.90 Å². The van der Waals surface area contributed by atoms with Crippen molar-refractivity contribution in [2.24, 2.45) is 5.92 Å². The van der Waals surface area contributed by atoms with Gasteiger partial charge in [0.1, 0.15) is 0 Å². The number of nitrogens with one attached hydrogen (secondary N) is 1. The van der Waals surface area contributed by atoms with Crippen molar-refractivity contribution in [2.75, 3.05) is 19.3 Å². The second kappa shape index (κ2) is 8.52. The molecule has 1 saturated heterocycles. The molecule has 2 aromatic rings. The van der Waals surface area contributed by atoms with Gasteiger partial charge >= 0.3 is 0 Å². The van der Waals surface area contributed by atoms with Crippen molar-refractivity contribution >= 4 is 15.9 Å². The molecule has 0 aromatic heterocycles. The van der Waals surface area contributed by atoms with Gasteiger partial charge in [-0.15, -0.1) is 0 Å². The van der Waals surface area contributed by atoms with E-state index in [0.717, 1.165) is 19.3 Å². The van der Waals surface area contributed by atoms with Gasteiger partial charge in [-0.25, -0.2) is 13.1 Å². The van der Waals surface area contributed by atoms with Gasteiger partial charge < -0.3 is 4.90 Å². The first-order valence-corrected chi connectivity index (χ1v) is 12.6. The van der Waals surface area contributed by atoms with Crippen LogP contribution in [-0.2, 0) is 14.8 Å². The summed E-state index contributed by atoms with van der Waals surface area (Å²) in [7, 11) is -3.21. The molecule has 2 aromatic carbocycles. The molecule has 30 heavy (non-hydrogen) atoms. The van der Waals surface area contributed by atoms with Crippen molar-refractivity contribution in [1.82, 2.24) is 9.62 Å². The topological polar surface area (TPSA) is 66.5 Å². The summed E-state index contributed by atoms with van der Waals surface area (Å²) in [5.41, 5.74) is 4.91. The lowest BCUT2D eigenvalue weighted by molar-refractivity contribution is -0.132. The maximum atomic E-state index is 13.2. The lowest BCUT2D eigenvalue weighted by atomic mass is 9.95. The molecular weight excluding hydrogens is 396 g/mol. The molecule has 1 saturated carbocycles. The van der Waals surface area contributed by atoms with Crippen molar-refractivity contribution in [2.45, 2.75) is 44.6 Å². The summed E-state index contributed by atoms with van der Waals surface area (Å²) in [5, 5.41) is 0. The van der Waals surface area contributed by atoms with E-state index >= 15 is 0 Å². The third-order valence-electron chi connectivity index (χ3n) is 6.22. The number of sulfonamides is 1. The van der Waals surface area contributed by atoms with Crippen LogP contribution in [0.2, 0.25) is 0 Å². The van der Waals surface area contributed by atoms with Crippen LogP contribution in [0.15, 0.2) is 48.5 Å². The maximum Gasteiger partial charge on any atom is 0.226 e. The maximum absolute atomic E-state index is 13.2. The normalized spacial score (nSPS) is 24.3. The Labute approximate surface area is 179 Å². The molecule has 0 radical (unpaired) electrons. The number of aryl methyl sites for hydroxylation is 1. The average molecular weight is 427 g/mol. The molecule has 2 fully saturated rings. The van der Waals surface area contributed by atoms with Crippen LogP contribution in [0.5, 0.6) is 0 Å². The molecule has 2 aliphatic rings. The van der Waals surface area contributed by atoms with Crippen molar-refractivity contribution < 1.29 is 13.2 Å². The van der Waals surface area contributed by atoms with Gasteiger partial charge in [-0.1, -0.05) is 54.1 Å². The number of carbonyl (C=O) groups excluding carboxylic acids is 1. The van der Waals surface area contributed by atoms with Crippen molar-refractivity contribution in [3.05, 3.63) is 59.7 Å². The lowest BCUT2D eigenvalue weighted by Crippen LogP contribution is -2.36. The molecule has 1 N–H and O–H groups in total. The molecule has 1 aliphatic carbocycles. The highest BCUT2D eigenvalue weighted by molar-refractivity contribution is 7.88. The molecule has 1 aliphatic heterocycles. The van der Waals surface area contributed by atoms with E-state index in [9.17, 15) is 13.2 Å². The second-order valence-corrected chi connectivity index (χ2v) is 10.5. The summed E-state index contributed by atoms with van der Waals surface area (Å²) >= 11 is 0. The summed E-state index contributed by atoms with van der Waals surface area (Å²) in [5.74, 6) is 0.525. The standard InChI is InChI=1S/C24H30N2O3S/c1-17-7-5-8-18(15-17)20-10-3-4-11-21(20)22-16-23(22)24(27)26-13-6-9-19(12-14-26)25-30(2,28)29/h3-5,7-8,10-11,15,19,22-23,25H,6,9,12-14,16H2,1-2H3. The predicted molar refractivity (Wildman–Crippen MR) is 120 cm³/mol. The summed E-state index contributed by atoms with van der Waals surface area (Å²) in [4.78, 5) is 15.1. The van der Waals surface area contributed by atoms with Crippen molar-refractivity contribution in [1.29, 1.82) is 0 Å². The molecule has 0 spiro atoms. The Kier molecular flexibility index (Phi) is 5.98. The smallest absolute Gasteiger partial charge is 0.226 e. The largest absolute Gasteiger partial charge is 0.342 e. The molecule has 5 nitrogen and oxygen atoms in total. The van der Waals surface area contributed by atoms with E-state index < -0.39 is 10.0 Å². The molecular formula is C24H30N2O3S. The Morgan fingerprint density at radius 2 is 1.87 bits per heavy atom. The highest BCUT2D eigenvalue weighted by Crippen LogP contribution is 2.51. The average Bonchev–Trinajstić information content (AvgIpc) is 3.51. The molecule has 1 amide bonds. The molecule has 3 atom stereocenters. The summed E-state index contributed by atoms with van der Waals surface area (Å²) < 4.78 is 25.7. The van der Waals surface area contributed by atoms with Crippen LogP contribution in [0.3, 0.4) is 0 Å². The number of carbonyl (C=O) groups is 1. The third kappa shape index (κ3) is 4.93. The minimum Gasteiger partial charge on any atom is -0.342 e. The zero-order valence-electron chi connectivity index (χ0n) is 17.7. The van der Waals surface area contributed by atoms with Gasteiger partial charge in [-0.2, -0.15) is 0 Å². The number of nitrogens with zero attached hydrogens (tertiary/aromatic N) is 1.